The van der Waals surface area contributed by atoms with Crippen molar-refractivity contribution in [2.45, 2.75) is 18.4 Å². The summed E-state index contributed by atoms with van der Waals surface area (Å²) in [5.41, 5.74) is 1.30. The lowest BCUT2D eigenvalue weighted by atomic mass is 10.1. The van der Waals surface area contributed by atoms with Crippen molar-refractivity contribution in [1.29, 1.82) is 0 Å². The molecular weight excluding hydrogens is 487 g/mol. The molecule has 0 saturated heterocycles. The number of hydrogen-bond acceptors (Lipinski definition) is 3. The van der Waals surface area contributed by atoms with Gasteiger partial charge in [-0.1, -0.05) is 24.3 Å². The Morgan fingerprint density at radius 1 is 1.07 bits per heavy atom. The molecule has 2 aromatic carbocycles. The molecule has 0 aliphatic carbocycles. The molecule has 0 heterocycles. The largest absolute Gasteiger partial charge is 0.355 e. The number of rotatable bonds is 6. The maximum atomic E-state index is 13.6. The minimum Gasteiger partial charge on any atom is -0.355 e. The molecule has 148 valence electrons. The molecule has 2 N–H and O–H groups in total. The van der Waals surface area contributed by atoms with Crippen molar-refractivity contribution in [2.24, 2.45) is 4.99 Å². The SMILES string of the molecule is CN=C(NCCS(=O)(=O)c1ccccc1F)NCc1ccc(C)c(F)c1.I. The van der Waals surface area contributed by atoms with Crippen molar-refractivity contribution in [2.75, 3.05) is 19.3 Å². The number of halogens is 3. The monoisotopic (exact) mass is 509 g/mol. The van der Waals surface area contributed by atoms with Crippen molar-refractivity contribution >= 4 is 39.8 Å². The van der Waals surface area contributed by atoms with Gasteiger partial charge in [-0.25, -0.2) is 17.2 Å². The van der Waals surface area contributed by atoms with Gasteiger partial charge in [0.2, 0.25) is 0 Å². The molecule has 0 unspecified atom stereocenters. The van der Waals surface area contributed by atoms with Crippen molar-refractivity contribution in [1.82, 2.24) is 10.6 Å². The van der Waals surface area contributed by atoms with E-state index in [1.54, 1.807) is 19.1 Å². The van der Waals surface area contributed by atoms with Crippen molar-refractivity contribution in [3.63, 3.8) is 0 Å². The van der Waals surface area contributed by atoms with Gasteiger partial charge in [0.1, 0.15) is 16.5 Å². The number of aryl methyl sites for hydroxylation is 1. The Morgan fingerprint density at radius 3 is 2.41 bits per heavy atom. The van der Waals surface area contributed by atoms with Crippen LogP contribution in [0, 0.1) is 18.6 Å². The lowest BCUT2D eigenvalue weighted by Crippen LogP contribution is -2.39. The first-order chi connectivity index (χ1) is 12.3. The first kappa shape index (κ1) is 23.3. The second-order valence-electron chi connectivity index (χ2n) is 5.69. The summed E-state index contributed by atoms with van der Waals surface area (Å²) in [4.78, 5) is 3.67. The third-order valence-electron chi connectivity index (χ3n) is 3.75. The standard InChI is InChI=1S/C18H21F2N3O2S.HI/c1-13-7-8-14(11-16(13)20)12-23-18(21-2)22-9-10-26(24,25)17-6-4-3-5-15(17)19;/h3-8,11H,9-10,12H2,1-2H3,(H2,21,22,23);1H. The minimum atomic E-state index is -3.74. The average molecular weight is 509 g/mol. The molecule has 0 spiro atoms. The molecule has 2 aromatic rings. The first-order valence-electron chi connectivity index (χ1n) is 8.00. The van der Waals surface area contributed by atoms with Crippen LogP contribution in [-0.2, 0) is 16.4 Å². The molecule has 0 bridgehead atoms. The average Bonchev–Trinajstić information content (AvgIpc) is 2.61. The van der Waals surface area contributed by atoms with Gasteiger partial charge in [0.25, 0.3) is 0 Å². The fourth-order valence-corrected chi connectivity index (χ4v) is 3.51. The molecule has 0 aromatic heterocycles. The summed E-state index contributed by atoms with van der Waals surface area (Å²) in [5.74, 6) is -0.970. The molecule has 27 heavy (non-hydrogen) atoms. The Balaban J connectivity index is 0.00000364. The number of aliphatic imine (C=N–C) groups is 1. The molecule has 0 fully saturated rings. The van der Waals surface area contributed by atoms with Gasteiger partial charge in [-0.05, 0) is 36.2 Å². The topological polar surface area (TPSA) is 70.6 Å². The Hall–Kier alpha value is -1.75. The number of hydrogen-bond donors (Lipinski definition) is 2. The Labute approximate surface area is 175 Å². The maximum Gasteiger partial charge on any atom is 0.191 e. The molecule has 0 radical (unpaired) electrons. The minimum absolute atomic E-state index is 0. The van der Waals surface area contributed by atoms with Crippen LogP contribution in [0.2, 0.25) is 0 Å². The third-order valence-corrected chi connectivity index (χ3v) is 5.50. The molecule has 0 saturated carbocycles. The molecule has 0 atom stereocenters. The summed E-state index contributed by atoms with van der Waals surface area (Å²) in [6.45, 7) is 2.07. The lowest BCUT2D eigenvalue weighted by molar-refractivity contribution is 0.566. The van der Waals surface area contributed by atoms with E-state index in [2.05, 4.69) is 15.6 Å². The fourth-order valence-electron chi connectivity index (χ4n) is 2.26. The van der Waals surface area contributed by atoms with E-state index in [1.807, 2.05) is 0 Å². The van der Waals surface area contributed by atoms with E-state index in [0.29, 0.717) is 18.1 Å². The summed E-state index contributed by atoms with van der Waals surface area (Å²) in [5, 5.41) is 5.83. The smallest absolute Gasteiger partial charge is 0.191 e. The summed E-state index contributed by atoms with van der Waals surface area (Å²) >= 11 is 0. The Kier molecular flexibility index (Phi) is 9.10. The van der Waals surface area contributed by atoms with E-state index in [-0.39, 0.29) is 47.0 Å². The van der Waals surface area contributed by atoms with Gasteiger partial charge >= 0.3 is 0 Å². The molecule has 9 heteroatoms. The van der Waals surface area contributed by atoms with Crippen LogP contribution in [0.5, 0.6) is 0 Å². The van der Waals surface area contributed by atoms with Crippen LogP contribution < -0.4 is 10.6 Å². The summed E-state index contributed by atoms with van der Waals surface area (Å²) in [7, 11) is -2.20. The Morgan fingerprint density at radius 2 is 1.78 bits per heavy atom. The van der Waals surface area contributed by atoms with Crippen LogP contribution in [-0.4, -0.2) is 33.7 Å². The van der Waals surface area contributed by atoms with Crippen LogP contribution in [0.1, 0.15) is 11.1 Å². The van der Waals surface area contributed by atoms with Gasteiger partial charge in [0.15, 0.2) is 15.8 Å². The normalized spacial score (nSPS) is 11.6. The number of nitrogens with one attached hydrogen (secondary N) is 2. The van der Waals surface area contributed by atoms with Crippen LogP contribution in [0.3, 0.4) is 0 Å². The van der Waals surface area contributed by atoms with E-state index in [1.165, 1.54) is 31.3 Å². The number of sulfone groups is 1. The van der Waals surface area contributed by atoms with Crippen molar-refractivity contribution in [3.8, 4) is 0 Å². The second-order valence-corrected chi connectivity index (χ2v) is 7.76. The molecule has 0 aliphatic rings. The fraction of sp³-hybridized carbons (Fsp3) is 0.278. The van der Waals surface area contributed by atoms with Crippen molar-refractivity contribution in [3.05, 3.63) is 65.2 Å². The van der Waals surface area contributed by atoms with Gasteiger partial charge < -0.3 is 10.6 Å². The molecule has 0 amide bonds. The van der Waals surface area contributed by atoms with Gasteiger partial charge in [0.05, 0.1) is 5.75 Å². The van der Waals surface area contributed by atoms with Crippen LogP contribution in [0.15, 0.2) is 52.4 Å². The molecule has 0 aliphatic heterocycles. The quantitative estimate of drug-likeness (QED) is 0.357. The van der Waals surface area contributed by atoms with Crippen LogP contribution in [0.4, 0.5) is 8.78 Å². The van der Waals surface area contributed by atoms with Gasteiger partial charge in [-0.2, -0.15) is 0 Å². The van der Waals surface area contributed by atoms with Gasteiger partial charge in [-0.15, -0.1) is 24.0 Å². The predicted octanol–water partition coefficient (Wildman–Crippen LogP) is 3.03. The summed E-state index contributed by atoms with van der Waals surface area (Å²) < 4.78 is 51.6. The zero-order valence-corrected chi connectivity index (χ0v) is 18.1. The highest BCUT2D eigenvalue weighted by atomic mass is 127. The summed E-state index contributed by atoms with van der Waals surface area (Å²) in [6, 6.07) is 10.2. The van der Waals surface area contributed by atoms with E-state index < -0.39 is 15.7 Å². The van der Waals surface area contributed by atoms with Crippen LogP contribution in [0.25, 0.3) is 0 Å². The highest BCUT2D eigenvalue weighted by Gasteiger charge is 2.18. The summed E-state index contributed by atoms with van der Waals surface area (Å²) in [6.07, 6.45) is 0. The van der Waals surface area contributed by atoms with E-state index >= 15 is 0 Å². The van der Waals surface area contributed by atoms with E-state index in [4.69, 9.17) is 0 Å². The molecular formula is C18H22F2IN3O2S. The van der Waals surface area contributed by atoms with Gasteiger partial charge in [-0.3, -0.25) is 4.99 Å². The highest BCUT2D eigenvalue weighted by molar-refractivity contribution is 14.0. The third kappa shape index (κ3) is 6.73. The highest BCUT2D eigenvalue weighted by Crippen LogP contribution is 2.14. The van der Waals surface area contributed by atoms with E-state index in [9.17, 15) is 17.2 Å². The maximum absolute atomic E-state index is 13.6. The van der Waals surface area contributed by atoms with Crippen LogP contribution >= 0.6 is 24.0 Å². The number of benzene rings is 2. The first-order valence-corrected chi connectivity index (χ1v) is 9.65. The van der Waals surface area contributed by atoms with E-state index in [0.717, 1.165) is 11.6 Å². The van der Waals surface area contributed by atoms with Gasteiger partial charge in [0, 0.05) is 20.1 Å². The number of guanidine groups is 1. The zero-order chi connectivity index (χ0) is 19.2. The lowest BCUT2D eigenvalue weighted by Gasteiger charge is -2.12. The Bertz CT molecular complexity index is 905. The van der Waals surface area contributed by atoms with Crippen molar-refractivity contribution < 1.29 is 17.2 Å². The number of nitrogens with zero attached hydrogens (tertiary/aromatic N) is 1. The zero-order valence-electron chi connectivity index (χ0n) is 15.0. The molecule has 2 rings (SSSR count). The molecule has 5 nitrogen and oxygen atoms in total. The second kappa shape index (κ2) is 10.5. The predicted molar refractivity (Wildman–Crippen MR) is 113 cm³/mol.